The molecule has 1 aliphatic rings. The second-order valence-corrected chi connectivity index (χ2v) is 3.91. The van der Waals surface area contributed by atoms with Crippen LogP contribution < -0.4 is 0 Å². The molecule has 2 rings (SSSR count). The third kappa shape index (κ3) is 2.28. The Hall–Kier alpha value is -1.90. The van der Waals surface area contributed by atoms with Crippen molar-refractivity contribution in [2.75, 3.05) is 13.2 Å². The zero-order valence-corrected chi connectivity index (χ0v) is 10.1. The molecule has 1 heterocycles. The van der Waals surface area contributed by atoms with Gasteiger partial charge in [0.15, 0.2) is 5.71 Å². The van der Waals surface area contributed by atoms with Crippen LogP contribution in [0.15, 0.2) is 40.9 Å². The van der Waals surface area contributed by atoms with Crippen molar-refractivity contribution in [2.24, 2.45) is 4.99 Å². The van der Waals surface area contributed by atoms with Crippen LogP contribution in [0.3, 0.4) is 0 Å². The number of hydrogen-bond donors (Lipinski definition) is 0. The Bertz CT molecular complexity index is 486. The Morgan fingerprint density at radius 3 is 2.71 bits per heavy atom. The molecule has 0 unspecified atom stereocenters. The van der Waals surface area contributed by atoms with Gasteiger partial charge >= 0.3 is 5.97 Å². The van der Waals surface area contributed by atoms with Crippen LogP contribution in [-0.2, 0) is 9.53 Å². The molecule has 0 N–H and O–H groups in total. The maximum atomic E-state index is 11.8. The first-order chi connectivity index (χ1) is 8.24. The Labute approximate surface area is 101 Å². The predicted molar refractivity (Wildman–Crippen MR) is 68.0 cm³/mol. The van der Waals surface area contributed by atoms with Crippen molar-refractivity contribution in [3.8, 4) is 0 Å². The molecule has 3 heteroatoms. The van der Waals surface area contributed by atoms with E-state index < -0.39 is 0 Å². The van der Waals surface area contributed by atoms with Crippen LogP contribution in [-0.4, -0.2) is 24.8 Å². The van der Waals surface area contributed by atoms with Crippen molar-refractivity contribution < 1.29 is 9.53 Å². The fourth-order valence-corrected chi connectivity index (χ4v) is 1.91. The highest BCUT2D eigenvalue weighted by Crippen LogP contribution is 2.26. The van der Waals surface area contributed by atoms with Gasteiger partial charge in [0.25, 0.3) is 0 Å². The molecule has 1 aromatic carbocycles. The van der Waals surface area contributed by atoms with Gasteiger partial charge < -0.3 is 4.74 Å². The number of benzene rings is 1. The molecule has 17 heavy (non-hydrogen) atoms. The third-order valence-corrected chi connectivity index (χ3v) is 2.67. The molecule has 0 fully saturated rings. The Morgan fingerprint density at radius 1 is 1.35 bits per heavy atom. The summed E-state index contributed by atoms with van der Waals surface area (Å²) in [6.07, 6.45) is 0. The van der Waals surface area contributed by atoms with Gasteiger partial charge in [-0.15, -0.1) is 0 Å². The summed E-state index contributed by atoms with van der Waals surface area (Å²) in [6.45, 7) is 4.75. The number of carbonyl (C=O) groups excluding carboxylic acids is 1. The molecule has 0 aromatic heterocycles. The molecule has 0 amide bonds. The summed E-state index contributed by atoms with van der Waals surface area (Å²) in [5.41, 5.74) is 3.51. The van der Waals surface area contributed by atoms with E-state index in [2.05, 4.69) is 4.99 Å². The summed E-state index contributed by atoms with van der Waals surface area (Å²) in [4.78, 5) is 16.0. The summed E-state index contributed by atoms with van der Waals surface area (Å²) >= 11 is 0. The molecule has 0 saturated heterocycles. The lowest BCUT2D eigenvalue weighted by atomic mass is 9.98. The molecule has 1 aromatic rings. The zero-order chi connectivity index (χ0) is 12.3. The highest BCUT2D eigenvalue weighted by atomic mass is 16.5. The van der Waals surface area contributed by atoms with Crippen molar-refractivity contribution in [3.63, 3.8) is 0 Å². The fraction of sp³-hybridized carbons (Fsp3) is 0.286. The third-order valence-electron chi connectivity index (χ3n) is 2.67. The maximum Gasteiger partial charge on any atom is 0.357 e. The van der Waals surface area contributed by atoms with Crippen LogP contribution in [0.5, 0.6) is 0 Å². The van der Waals surface area contributed by atoms with Gasteiger partial charge in [-0.25, -0.2) is 4.79 Å². The Morgan fingerprint density at radius 2 is 2.06 bits per heavy atom. The molecular weight excluding hydrogens is 214 g/mol. The molecule has 88 valence electrons. The van der Waals surface area contributed by atoms with Crippen LogP contribution >= 0.6 is 0 Å². The fourth-order valence-electron chi connectivity index (χ4n) is 1.91. The van der Waals surface area contributed by atoms with Gasteiger partial charge in [-0.1, -0.05) is 30.3 Å². The standard InChI is InChI=1S/C14H15NO2/c1-3-17-14(16)13-12(10(2)9-15-13)11-7-5-4-6-8-11/h4-8H,3,9H2,1-2H3. The molecule has 0 aliphatic carbocycles. The van der Waals surface area contributed by atoms with Crippen LogP contribution in [0.4, 0.5) is 0 Å². The topological polar surface area (TPSA) is 38.7 Å². The van der Waals surface area contributed by atoms with Gasteiger partial charge in [0, 0.05) is 5.57 Å². The van der Waals surface area contributed by atoms with Gasteiger partial charge in [-0.3, -0.25) is 4.99 Å². The summed E-state index contributed by atoms with van der Waals surface area (Å²) in [7, 11) is 0. The summed E-state index contributed by atoms with van der Waals surface area (Å²) in [5, 5.41) is 0. The van der Waals surface area contributed by atoms with Crippen LogP contribution in [0.25, 0.3) is 5.57 Å². The van der Waals surface area contributed by atoms with Crippen molar-refractivity contribution in [2.45, 2.75) is 13.8 Å². The quantitative estimate of drug-likeness (QED) is 0.747. The van der Waals surface area contributed by atoms with E-state index in [-0.39, 0.29) is 5.97 Å². The summed E-state index contributed by atoms with van der Waals surface area (Å²) in [6, 6.07) is 9.83. The molecule has 1 aliphatic heterocycles. The SMILES string of the molecule is CCOC(=O)C1=NCC(C)=C1c1ccccc1. The van der Waals surface area contributed by atoms with E-state index in [0.29, 0.717) is 18.9 Å². The maximum absolute atomic E-state index is 11.8. The molecule has 0 radical (unpaired) electrons. The highest BCUT2D eigenvalue weighted by molar-refractivity contribution is 6.55. The van der Waals surface area contributed by atoms with Crippen LogP contribution in [0, 0.1) is 0 Å². The van der Waals surface area contributed by atoms with Gasteiger partial charge in [-0.05, 0) is 25.0 Å². The Kier molecular flexibility index (Phi) is 3.38. The van der Waals surface area contributed by atoms with Crippen molar-refractivity contribution in [1.82, 2.24) is 0 Å². The zero-order valence-electron chi connectivity index (χ0n) is 10.1. The van der Waals surface area contributed by atoms with E-state index in [1.54, 1.807) is 6.92 Å². The van der Waals surface area contributed by atoms with Crippen molar-refractivity contribution in [1.29, 1.82) is 0 Å². The lowest BCUT2D eigenvalue weighted by molar-refractivity contribution is -0.134. The molecule has 0 atom stereocenters. The lowest BCUT2D eigenvalue weighted by Gasteiger charge is -2.07. The second kappa shape index (κ2) is 4.95. The van der Waals surface area contributed by atoms with Crippen molar-refractivity contribution in [3.05, 3.63) is 41.5 Å². The number of hydrogen-bond acceptors (Lipinski definition) is 3. The monoisotopic (exact) mass is 229 g/mol. The molecule has 0 saturated carbocycles. The first kappa shape index (κ1) is 11.6. The molecule has 0 spiro atoms. The largest absolute Gasteiger partial charge is 0.461 e. The minimum atomic E-state index is -0.330. The van der Waals surface area contributed by atoms with Crippen LogP contribution in [0.2, 0.25) is 0 Å². The second-order valence-electron chi connectivity index (χ2n) is 3.91. The number of nitrogens with zero attached hydrogens (tertiary/aromatic N) is 1. The van der Waals surface area contributed by atoms with E-state index in [1.165, 1.54) is 0 Å². The van der Waals surface area contributed by atoms with Crippen LogP contribution in [0.1, 0.15) is 19.4 Å². The van der Waals surface area contributed by atoms with E-state index in [9.17, 15) is 4.79 Å². The number of esters is 1. The van der Waals surface area contributed by atoms with Crippen molar-refractivity contribution >= 4 is 17.3 Å². The number of carbonyl (C=O) groups is 1. The number of ether oxygens (including phenoxy) is 1. The smallest absolute Gasteiger partial charge is 0.357 e. The molecular formula is C14H15NO2. The highest BCUT2D eigenvalue weighted by Gasteiger charge is 2.25. The normalized spacial score (nSPS) is 14.8. The van der Waals surface area contributed by atoms with E-state index in [0.717, 1.165) is 16.7 Å². The van der Waals surface area contributed by atoms with Gasteiger partial charge in [0.05, 0.1) is 13.2 Å². The number of aliphatic imine (C=N–C) groups is 1. The van der Waals surface area contributed by atoms with E-state index in [1.807, 2.05) is 37.3 Å². The first-order valence-corrected chi connectivity index (χ1v) is 5.71. The van der Waals surface area contributed by atoms with E-state index >= 15 is 0 Å². The molecule has 3 nitrogen and oxygen atoms in total. The minimum Gasteiger partial charge on any atom is -0.461 e. The minimum absolute atomic E-state index is 0.330. The lowest BCUT2D eigenvalue weighted by Crippen LogP contribution is -2.17. The van der Waals surface area contributed by atoms with Gasteiger partial charge in [-0.2, -0.15) is 0 Å². The predicted octanol–water partition coefficient (Wildman–Crippen LogP) is 2.48. The molecule has 0 bridgehead atoms. The number of rotatable bonds is 3. The van der Waals surface area contributed by atoms with E-state index in [4.69, 9.17) is 4.74 Å². The average molecular weight is 229 g/mol. The Balaban J connectivity index is 2.35. The summed E-state index contributed by atoms with van der Waals surface area (Å²) < 4.78 is 5.02. The summed E-state index contributed by atoms with van der Waals surface area (Å²) in [5.74, 6) is -0.330. The van der Waals surface area contributed by atoms with Gasteiger partial charge in [0.2, 0.25) is 0 Å². The average Bonchev–Trinajstić information content (AvgIpc) is 2.73. The van der Waals surface area contributed by atoms with Gasteiger partial charge in [0.1, 0.15) is 0 Å². The first-order valence-electron chi connectivity index (χ1n) is 5.71.